The fraction of sp³-hybridized carbons (Fsp3) is 0.412. The van der Waals surface area contributed by atoms with Crippen LogP contribution in [-0.4, -0.2) is 16.0 Å². The first-order chi connectivity index (χ1) is 10.7. The number of nitrogens with one attached hydrogen (secondary N) is 2. The van der Waals surface area contributed by atoms with Gasteiger partial charge in [0.05, 0.1) is 0 Å². The van der Waals surface area contributed by atoms with Crippen molar-refractivity contribution in [1.82, 2.24) is 9.97 Å². The maximum absolute atomic E-state index is 4.34. The Bertz CT molecular complexity index is 638. The van der Waals surface area contributed by atoms with Gasteiger partial charge in [0.1, 0.15) is 18.0 Å². The molecule has 0 aliphatic heterocycles. The summed E-state index contributed by atoms with van der Waals surface area (Å²) in [4.78, 5) is 8.66. The summed E-state index contributed by atoms with van der Waals surface area (Å²) in [5.41, 5.74) is 2.24. The van der Waals surface area contributed by atoms with Crippen LogP contribution in [0.5, 0.6) is 0 Å². The molecule has 1 fully saturated rings. The van der Waals surface area contributed by atoms with Gasteiger partial charge in [0.25, 0.3) is 0 Å². The maximum Gasteiger partial charge on any atom is 0.135 e. The van der Waals surface area contributed by atoms with Gasteiger partial charge in [-0.2, -0.15) is 0 Å². The first-order valence-corrected chi connectivity index (χ1v) is 8.62. The molecule has 1 aliphatic rings. The maximum atomic E-state index is 4.34. The molecule has 3 rings (SSSR count). The molecule has 5 heteroatoms. The summed E-state index contributed by atoms with van der Waals surface area (Å²) < 4.78 is 1.08. The van der Waals surface area contributed by atoms with Crippen molar-refractivity contribution < 1.29 is 0 Å². The number of benzene rings is 1. The van der Waals surface area contributed by atoms with Crippen LogP contribution in [0.25, 0.3) is 0 Å². The van der Waals surface area contributed by atoms with E-state index in [1.165, 1.54) is 37.7 Å². The van der Waals surface area contributed by atoms with E-state index in [2.05, 4.69) is 55.6 Å². The number of aryl methyl sites for hydroxylation is 1. The average molecular weight is 361 g/mol. The van der Waals surface area contributed by atoms with E-state index >= 15 is 0 Å². The quantitative estimate of drug-likeness (QED) is 0.801. The fourth-order valence-corrected chi connectivity index (χ4v) is 3.34. The highest BCUT2D eigenvalue weighted by Gasteiger charge is 2.13. The molecule has 1 aliphatic carbocycles. The third-order valence-electron chi connectivity index (χ3n) is 4.08. The highest BCUT2D eigenvalue weighted by atomic mass is 79.9. The largest absolute Gasteiger partial charge is 0.367 e. The van der Waals surface area contributed by atoms with Crippen molar-refractivity contribution in [3.05, 3.63) is 40.6 Å². The summed E-state index contributed by atoms with van der Waals surface area (Å²) in [5, 5.41) is 6.90. The van der Waals surface area contributed by atoms with E-state index in [0.717, 1.165) is 21.8 Å². The lowest BCUT2D eigenvalue weighted by molar-refractivity contribution is 0.462. The van der Waals surface area contributed by atoms with E-state index < -0.39 is 0 Å². The molecule has 0 atom stereocenters. The second-order valence-corrected chi connectivity index (χ2v) is 6.77. The van der Waals surface area contributed by atoms with Gasteiger partial charge < -0.3 is 10.6 Å². The highest BCUT2D eigenvalue weighted by Crippen LogP contribution is 2.25. The molecule has 1 heterocycles. The van der Waals surface area contributed by atoms with Crippen molar-refractivity contribution in [2.24, 2.45) is 0 Å². The minimum absolute atomic E-state index is 0.547. The number of halogens is 1. The zero-order valence-corrected chi connectivity index (χ0v) is 14.4. The predicted octanol–water partition coefficient (Wildman–Crippen LogP) is 5.04. The van der Waals surface area contributed by atoms with E-state index in [4.69, 9.17) is 0 Å². The SMILES string of the molecule is Cc1cc(Br)ccc1Nc1cc(NC2CCCCC2)ncn1. The molecule has 1 saturated carbocycles. The van der Waals surface area contributed by atoms with E-state index in [1.807, 2.05) is 12.1 Å². The van der Waals surface area contributed by atoms with Gasteiger partial charge in [0, 0.05) is 22.3 Å². The Balaban J connectivity index is 1.70. The molecule has 0 unspecified atom stereocenters. The summed E-state index contributed by atoms with van der Waals surface area (Å²) >= 11 is 3.49. The third-order valence-corrected chi connectivity index (χ3v) is 4.57. The fourth-order valence-electron chi connectivity index (χ4n) is 2.87. The lowest BCUT2D eigenvalue weighted by Gasteiger charge is -2.23. The van der Waals surface area contributed by atoms with Crippen molar-refractivity contribution in [3.8, 4) is 0 Å². The van der Waals surface area contributed by atoms with Crippen LogP contribution in [0, 0.1) is 6.92 Å². The Hall–Kier alpha value is -1.62. The van der Waals surface area contributed by atoms with Crippen LogP contribution in [0.3, 0.4) is 0 Å². The highest BCUT2D eigenvalue weighted by molar-refractivity contribution is 9.10. The molecule has 0 radical (unpaired) electrons. The molecular weight excluding hydrogens is 340 g/mol. The summed E-state index contributed by atoms with van der Waals surface area (Å²) in [7, 11) is 0. The summed E-state index contributed by atoms with van der Waals surface area (Å²) in [6, 6.07) is 8.69. The van der Waals surface area contributed by atoms with Gasteiger partial charge in [-0.15, -0.1) is 0 Å². The van der Waals surface area contributed by atoms with Crippen LogP contribution >= 0.6 is 15.9 Å². The van der Waals surface area contributed by atoms with Crippen molar-refractivity contribution in [1.29, 1.82) is 0 Å². The number of aromatic nitrogens is 2. The summed E-state index contributed by atoms with van der Waals surface area (Å²) in [6.07, 6.45) is 8.06. The van der Waals surface area contributed by atoms with Crippen LogP contribution in [0.15, 0.2) is 35.1 Å². The van der Waals surface area contributed by atoms with Crippen molar-refractivity contribution in [2.45, 2.75) is 45.1 Å². The lowest BCUT2D eigenvalue weighted by Crippen LogP contribution is -2.22. The number of rotatable bonds is 4. The van der Waals surface area contributed by atoms with Gasteiger partial charge >= 0.3 is 0 Å². The number of hydrogen-bond acceptors (Lipinski definition) is 4. The molecule has 2 aromatic rings. The van der Waals surface area contributed by atoms with E-state index in [-0.39, 0.29) is 0 Å². The van der Waals surface area contributed by atoms with Gasteiger partial charge in [-0.05, 0) is 43.5 Å². The Morgan fingerprint density at radius 3 is 2.59 bits per heavy atom. The molecule has 4 nitrogen and oxygen atoms in total. The van der Waals surface area contributed by atoms with Gasteiger partial charge in [0.15, 0.2) is 0 Å². The first kappa shape index (κ1) is 15.3. The normalized spacial score (nSPS) is 15.5. The minimum Gasteiger partial charge on any atom is -0.367 e. The van der Waals surface area contributed by atoms with Crippen LogP contribution < -0.4 is 10.6 Å². The smallest absolute Gasteiger partial charge is 0.135 e. The Labute approximate surface area is 139 Å². The lowest BCUT2D eigenvalue weighted by atomic mass is 9.95. The van der Waals surface area contributed by atoms with Crippen molar-refractivity contribution in [2.75, 3.05) is 10.6 Å². The second-order valence-electron chi connectivity index (χ2n) is 5.85. The number of anilines is 3. The van der Waals surface area contributed by atoms with E-state index in [1.54, 1.807) is 6.33 Å². The molecule has 2 N–H and O–H groups in total. The zero-order chi connectivity index (χ0) is 15.4. The first-order valence-electron chi connectivity index (χ1n) is 7.82. The molecule has 0 spiro atoms. The Morgan fingerprint density at radius 2 is 1.82 bits per heavy atom. The third kappa shape index (κ3) is 3.97. The standard InChI is InChI=1S/C17H21BrN4/c1-12-9-13(18)7-8-15(12)22-17-10-16(19-11-20-17)21-14-5-3-2-4-6-14/h7-11,14H,2-6H2,1H3,(H2,19,20,21,22). The Morgan fingerprint density at radius 1 is 1.05 bits per heavy atom. The molecule has 22 heavy (non-hydrogen) atoms. The molecule has 0 bridgehead atoms. The van der Waals surface area contributed by atoms with Crippen LogP contribution in [-0.2, 0) is 0 Å². The number of hydrogen-bond donors (Lipinski definition) is 2. The van der Waals surface area contributed by atoms with Gasteiger partial charge in [-0.1, -0.05) is 35.2 Å². The predicted molar refractivity (Wildman–Crippen MR) is 94.7 cm³/mol. The van der Waals surface area contributed by atoms with Gasteiger partial charge in [-0.25, -0.2) is 9.97 Å². The second kappa shape index (κ2) is 7.09. The Kier molecular flexibility index (Phi) is 4.93. The van der Waals surface area contributed by atoms with Gasteiger partial charge in [0.2, 0.25) is 0 Å². The van der Waals surface area contributed by atoms with Crippen LogP contribution in [0.4, 0.5) is 17.3 Å². The molecule has 1 aromatic heterocycles. The van der Waals surface area contributed by atoms with Crippen molar-refractivity contribution in [3.63, 3.8) is 0 Å². The van der Waals surface area contributed by atoms with Crippen LogP contribution in [0.2, 0.25) is 0 Å². The van der Waals surface area contributed by atoms with Crippen molar-refractivity contribution >= 4 is 33.3 Å². The number of nitrogens with zero attached hydrogens (tertiary/aromatic N) is 2. The van der Waals surface area contributed by atoms with E-state index in [9.17, 15) is 0 Å². The monoisotopic (exact) mass is 360 g/mol. The average Bonchev–Trinajstić information content (AvgIpc) is 2.52. The molecule has 1 aromatic carbocycles. The van der Waals surface area contributed by atoms with Gasteiger partial charge in [-0.3, -0.25) is 0 Å². The minimum atomic E-state index is 0.547. The molecule has 0 amide bonds. The van der Waals surface area contributed by atoms with E-state index in [0.29, 0.717) is 6.04 Å². The topological polar surface area (TPSA) is 49.8 Å². The summed E-state index contributed by atoms with van der Waals surface area (Å²) in [6.45, 7) is 2.08. The van der Waals surface area contributed by atoms with Crippen LogP contribution in [0.1, 0.15) is 37.7 Å². The zero-order valence-electron chi connectivity index (χ0n) is 12.8. The molecule has 0 saturated heterocycles. The summed E-state index contributed by atoms with van der Waals surface area (Å²) in [5.74, 6) is 1.72. The molecule has 116 valence electrons. The molecular formula is C17H21BrN4.